The maximum absolute atomic E-state index is 14.2. The lowest BCUT2D eigenvalue weighted by Crippen LogP contribution is -2.62. The first-order valence-corrected chi connectivity index (χ1v) is 15.7. The van der Waals surface area contributed by atoms with Gasteiger partial charge in [-0.1, -0.05) is 43.0 Å². The van der Waals surface area contributed by atoms with E-state index in [1.165, 1.54) is 52.1 Å². The molecule has 9 heteroatoms. The van der Waals surface area contributed by atoms with Crippen LogP contribution in [0.25, 0.3) is 11.0 Å². The second-order valence-electron chi connectivity index (χ2n) is 12.4. The van der Waals surface area contributed by atoms with E-state index < -0.39 is 0 Å². The molecule has 1 aromatic carbocycles. The fourth-order valence-electron chi connectivity index (χ4n) is 8.31. The van der Waals surface area contributed by atoms with E-state index in [0.29, 0.717) is 30.4 Å². The van der Waals surface area contributed by atoms with Crippen molar-refractivity contribution in [3.63, 3.8) is 0 Å². The van der Waals surface area contributed by atoms with Crippen molar-refractivity contribution in [1.82, 2.24) is 14.5 Å². The van der Waals surface area contributed by atoms with E-state index >= 15 is 0 Å². The number of rotatable bonds is 8. The van der Waals surface area contributed by atoms with Gasteiger partial charge in [-0.15, -0.1) is 0 Å². The Hall–Kier alpha value is -2.78. The number of oxime groups is 1. The van der Waals surface area contributed by atoms with Crippen molar-refractivity contribution < 1.29 is 19.1 Å². The highest BCUT2D eigenvalue weighted by molar-refractivity contribution is 6.00. The molecule has 2 aliphatic carbocycles. The highest BCUT2D eigenvalue weighted by Gasteiger charge is 2.46. The number of carbonyl (C=O) groups is 1. The van der Waals surface area contributed by atoms with E-state index in [0.717, 1.165) is 48.9 Å². The molecule has 2 saturated carbocycles. The van der Waals surface area contributed by atoms with Crippen molar-refractivity contribution in [3.8, 4) is 0 Å². The summed E-state index contributed by atoms with van der Waals surface area (Å²) in [5, 5.41) is 4.15. The number of fused-ring (bicyclic) bond motifs is 5. The molecule has 0 spiro atoms. The summed E-state index contributed by atoms with van der Waals surface area (Å²) in [4.78, 5) is 39.0. The predicted molar refractivity (Wildman–Crippen MR) is 157 cm³/mol. The minimum absolute atomic E-state index is 0.0315. The van der Waals surface area contributed by atoms with Gasteiger partial charge < -0.3 is 18.9 Å². The molecule has 4 aliphatic rings. The number of ether oxygens (including phenoxy) is 2. The Balaban J connectivity index is 1.32. The molecule has 222 valence electrons. The van der Waals surface area contributed by atoms with Crippen LogP contribution in [0.1, 0.15) is 89.3 Å². The van der Waals surface area contributed by atoms with E-state index in [1.54, 1.807) is 6.92 Å². The monoisotopic (exact) mass is 564 g/mol. The van der Waals surface area contributed by atoms with E-state index in [2.05, 4.69) is 10.1 Å². The Bertz CT molecular complexity index is 1300. The minimum atomic E-state index is -0.333. The van der Waals surface area contributed by atoms with Gasteiger partial charge in [-0.3, -0.25) is 14.5 Å². The van der Waals surface area contributed by atoms with Gasteiger partial charge in [-0.25, -0.2) is 4.98 Å². The van der Waals surface area contributed by atoms with Crippen molar-refractivity contribution in [2.45, 2.75) is 102 Å². The number of piperidine rings is 1. The Labute approximate surface area is 242 Å². The molecule has 0 radical (unpaired) electrons. The van der Waals surface area contributed by atoms with Crippen LogP contribution in [0.2, 0.25) is 0 Å². The van der Waals surface area contributed by atoms with E-state index in [9.17, 15) is 9.59 Å². The summed E-state index contributed by atoms with van der Waals surface area (Å²) in [6.07, 6.45) is 11.7. The second-order valence-corrected chi connectivity index (χ2v) is 12.4. The second kappa shape index (κ2) is 12.6. The van der Waals surface area contributed by atoms with Gasteiger partial charge in [0.15, 0.2) is 5.69 Å². The molecule has 3 heterocycles. The smallest absolute Gasteiger partial charge is 0.306 e. The quantitative estimate of drug-likeness (QED) is 0.257. The number of para-hydroxylation sites is 2. The summed E-state index contributed by atoms with van der Waals surface area (Å²) in [5.41, 5.74) is 2.02. The molecule has 2 aliphatic heterocycles. The largest absolute Gasteiger partial charge is 0.466 e. The zero-order valence-corrected chi connectivity index (χ0v) is 24.5. The van der Waals surface area contributed by atoms with Crippen molar-refractivity contribution in [2.75, 3.05) is 26.9 Å². The molecule has 9 nitrogen and oxygen atoms in total. The van der Waals surface area contributed by atoms with Crippen molar-refractivity contribution in [3.05, 3.63) is 40.3 Å². The zero-order chi connectivity index (χ0) is 28.3. The average Bonchev–Trinajstić information content (AvgIpc) is 3.13. The summed E-state index contributed by atoms with van der Waals surface area (Å²) in [6, 6.07) is 9.09. The van der Waals surface area contributed by atoms with Crippen LogP contribution in [0.15, 0.2) is 34.2 Å². The molecule has 4 fully saturated rings. The number of hydrogen-bond donors (Lipinski definition) is 0. The summed E-state index contributed by atoms with van der Waals surface area (Å²) in [5.74, 6) is 1.39. The SMILES string of the molecule is CCOC(=O)CCC(=NOC)c1nc2ccccc2n(C2C[C@H]3COC[C@H](C2)N3[C@@H]2CC3CCCC[C@H](C3)C2)c1=O. The number of morpholine rings is 1. The molecule has 41 heavy (non-hydrogen) atoms. The van der Waals surface area contributed by atoms with Crippen LogP contribution in [0.4, 0.5) is 0 Å². The summed E-state index contributed by atoms with van der Waals surface area (Å²) in [7, 11) is 1.45. The molecule has 4 bridgehead atoms. The van der Waals surface area contributed by atoms with Crippen molar-refractivity contribution in [2.24, 2.45) is 17.0 Å². The molecule has 2 aromatic rings. The number of hydrogen-bond acceptors (Lipinski definition) is 8. The van der Waals surface area contributed by atoms with Crippen molar-refractivity contribution in [1.29, 1.82) is 0 Å². The maximum atomic E-state index is 14.2. The topological polar surface area (TPSA) is 95.2 Å². The van der Waals surface area contributed by atoms with E-state index in [1.807, 2.05) is 28.8 Å². The number of benzene rings is 1. The fraction of sp³-hybridized carbons (Fsp3) is 0.688. The normalized spacial score (nSPS) is 30.5. The van der Waals surface area contributed by atoms with Crippen LogP contribution in [-0.2, 0) is 19.1 Å². The van der Waals surface area contributed by atoms with Crippen LogP contribution in [0, 0.1) is 11.8 Å². The van der Waals surface area contributed by atoms with Gasteiger partial charge in [0.05, 0.1) is 37.3 Å². The lowest BCUT2D eigenvalue weighted by molar-refractivity contribution is -0.142. The number of carbonyl (C=O) groups excluding carboxylic acids is 1. The highest BCUT2D eigenvalue weighted by atomic mass is 16.6. The molecule has 1 unspecified atom stereocenters. The Kier molecular flexibility index (Phi) is 8.72. The Morgan fingerprint density at radius 3 is 2.37 bits per heavy atom. The van der Waals surface area contributed by atoms with Crippen LogP contribution in [0.3, 0.4) is 0 Å². The van der Waals surface area contributed by atoms with Gasteiger partial charge in [0.25, 0.3) is 5.56 Å². The van der Waals surface area contributed by atoms with Gasteiger partial charge in [0.1, 0.15) is 12.8 Å². The molecule has 0 amide bonds. The first-order valence-electron chi connectivity index (χ1n) is 15.7. The minimum Gasteiger partial charge on any atom is -0.466 e. The third kappa shape index (κ3) is 5.93. The molecule has 2 saturated heterocycles. The molecular formula is C32H44N4O5. The lowest BCUT2D eigenvalue weighted by Gasteiger charge is -2.54. The highest BCUT2D eigenvalue weighted by Crippen LogP contribution is 2.44. The predicted octanol–water partition coefficient (Wildman–Crippen LogP) is 4.85. The summed E-state index contributed by atoms with van der Waals surface area (Å²) < 4.78 is 13.2. The lowest BCUT2D eigenvalue weighted by atomic mass is 9.75. The third-order valence-electron chi connectivity index (χ3n) is 9.83. The Morgan fingerprint density at radius 1 is 0.976 bits per heavy atom. The summed E-state index contributed by atoms with van der Waals surface area (Å²) in [6.45, 7) is 3.53. The summed E-state index contributed by atoms with van der Waals surface area (Å²) >= 11 is 0. The van der Waals surface area contributed by atoms with Gasteiger partial charge in [-0.05, 0) is 63.0 Å². The average molecular weight is 565 g/mol. The number of nitrogens with zero attached hydrogens (tertiary/aromatic N) is 4. The Morgan fingerprint density at radius 2 is 1.68 bits per heavy atom. The van der Waals surface area contributed by atoms with Crippen LogP contribution >= 0.6 is 0 Å². The van der Waals surface area contributed by atoms with Crippen molar-refractivity contribution >= 4 is 22.7 Å². The van der Waals surface area contributed by atoms with E-state index in [4.69, 9.17) is 19.3 Å². The first-order chi connectivity index (χ1) is 20.1. The third-order valence-corrected chi connectivity index (χ3v) is 9.83. The molecule has 0 N–H and O–H groups in total. The van der Waals surface area contributed by atoms with Crippen LogP contribution in [0.5, 0.6) is 0 Å². The number of aromatic nitrogens is 2. The first kappa shape index (κ1) is 28.3. The van der Waals surface area contributed by atoms with Gasteiger partial charge in [0, 0.05) is 30.6 Å². The number of esters is 1. The zero-order valence-electron chi connectivity index (χ0n) is 24.5. The molecule has 6 rings (SSSR count). The fourth-order valence-corrected chi connectivity index (χ4v) is 8.31. The maximum Gasteiger partial charge on any atom is 0.306 e. The molecular weight excluding hydrogens is 520 g/mol. The molecule has 5 atom stereocenters. The standard InChI is InChI=1S/C32H44N4O5/c1-3-41-30(37)13-12-28(34-39-2)31-32(38)36(29-11-7-6-10-27(29)33-31)24-17-25-19-40-20-26(18-24)35(25)23-15-21-8-4-5-9-22(14-21)16-23/h6-7,10-11,21-26H,3-5,8-9,12-20H2,1-2H3/t21-,22?,23+,25+,26+/m1/s1. The van der Waals surface area contributed by atoms with E-state index in [-0.39, 0.29) is 36.1 Å². The van der Waals surface area contributed by atoms with Crippen LogP contribution in [-0.4, -0.2) is 71.2 Å². The van der Waals surface area contributed by atoms with Gasteiger partial charge in [0.2, 0.25) is 0 Å². The van der Waals surface area contributed by atoms with Crippen LogP contribution < -0.4 is 5.56 Å². The van der Waals surface area contributed by atoms with Gasteiger partial charge >= 0.3 is 5.97 Å². The molecule has 1 aromatic heterocycles. The van der Waals surface area contributed by atoms with Gasteiger partial charge in [-0.2, -0.15) is 0 Å².